The lowest BCUT2D eigenvalue weighted by Crippen LogP contribution is -2.05. The molecular weight excluding hydrogens is 292 g/mol. The summed E-state index contributed by atoms with van der Waals surface area (Å²) in [5.41, 5.74) is 0.595. The Morgan fingerprint density at radius 3 is 2.86 bits per heavy atom. The molecule has 0 aromatic carbocycles. The first-order valence-corrected chi connectivity index (χ1v) is 6.38. The second kappa shape index (κ2) is 6.25. The molecule has 2 rings (SSSR count). The number of pyridine rings is 1. The highest BCUT2D eigenvalue weighted by molar-refractivity contribution is 5.87. The number of carbonyl (C=O) groups excluding carboxylic acids is 1. The number of aryl methyl sites for hydroxylation is 1. The van der Waals surface area contributed by atoms with E-state index < -0.39 is 17.0 Å². The Hall–Kier alpha value is -2.90. The Morgan fingerprint density at radius 2 is 2.23 bits per heavy atom. The van der Waals surface area contributed by atoms with Gasteiger partial charge in [0.05, 0.1) is 7.11 Å². The van der Waals surface area contributed by atoms with Gasteiger partial charge in [0.15, 0.2) is 6.10 Å². The van der Waals surface area contributed by atoms with Crippen molar-refractivity contribution in [1.82, 2.24) is 4.98 Å². The zero-order valence-electron chi connectivity index (χ0n) is 12.2. The number of nitrogens with zero attached hydrogens (tertiary/aromatic N) is 2. The van der Waals surface area contributed by atoms with Gasteiger partial charge in [0.1, 0.15) is 12.0 Å². The molecule has 0 N–H and O–H groups in total. The molecule has 0 aliphatic heterocycles. The lowest BCUT2D eigenvalue weighted by atomic mass is 10.2. The van der Waals surface area contributed by atoms with Crippen LogP contribution < -0.4 is 4.74 Å². The van der Waals surface area contributed by atoms with E-state index in [0.717, 1.165) is 0 Å². The number of furan rings is 1. The van der Waals surface area contributed by atoms with Crippen LogP contribution in [-0.4, -0.2) is 23.0 Å². The van der Waals surface area contributed by atoms with Gasteiger partial charge in [-0.1, -0.05) is 0 Å². The van der Waals surface area contributed by atoms with Crippen LogP contribution in [0.1, 0.15) is 34.9 Å². The highest BCUT2D eigenvalue weighted by Crippen LogP contribution is 2.30. The first-order valence-electron chi connectivity index (χ1n) is 6.38. The summed E-state index contributed by atoms with van der Waals surface area (Å²) in [4.78, 5) is 25.5. The van der Waals surface area contributed by atoms with Gasteiger partial charge >= 0.3 is 11.8 Å². The molecule has 0 saturated heterocycles. The van der Waals surface area contributed by atoms with E-state index in [0.29, 0.717) is 11.3 Å². The van der Waals surface area contributed by atoms with E-state index >= 15 is 0 Å². The third kappa shape index (κ3) is 3.05. The molecule has 0 saturated carbocycles. The maximum Gasteiger partial charge on any atom is 0.406 e. The van der Waals surface area contributed by atoms with Gasteiger partial charge in [-0.05, 0) is 42.0 Å². The highest BCUT2D eigenvalue weighted by Gasteiger charge is 2.23. The van der Waals surface area contributed by atoms with Crippen LogP contribution >= 0.6 is 0 Å². The number of rotatable bonds is 5. The van der Waals surface area contributed by atoms with E-state index in [1.54, 1.807) is 19.9 Å². The van der Waals surface area contributed by atoms with Gasteiger partial charge in [-0.15, -0.1) is 0 Å². The van der Waals surface area contributed by atoms with Crippen LogP contribution in [0.15, 0.2) is 28.8 Å². The van der Waals surface area contributed by atoms with Crippen molar-refractivity contribution in [2.45, 2.75) is 20.0 Å². The van der Waals surface area contributed by atoms with E-state index in [2.05, 4.69) is 9.72 Å². The fraction of sp³-hybridized carbons (Fsp3) is 0.286. The monoisotopic (exact) mass is 306 g/mol. The van der Waals surface area contributed by atoms with E-state index in [-0.39, 0.29) is 17.3 Å². The summed E-state index contributed by atoms with van der Waals surface area (Å²) < 4.78 is 15.5. The van der Waals surface area contributed by atoms with Crippen LogP contribution in [0.25, 0.3) is 0 Å². The predicted molar refractivity (Wildman–Crippen MR) is 74.7 cm³/mol. The molecule has 0 radical (unpaired) electrons. The Labute approximate surface area is 125 Å². The number of hydrogen-bond acceptors (Lipinski definition) is 7. The largest absolute Gasteiger partial charge is 0.474 e. The Kier molecular flexibility index (Phi) is 4.40. The van der Waals surface area contributed by atoms with Crippen molar-refractivity contribution in [3.63, 3.8) is 0 Å². The van der Waals surface area contributed by atoms with E-state index in [9.17, 15) is 14.9 Å². The van der Waals surface area contributed by atoms with E-state index in [4.69, 9.17) is 9.15 Å². The first-order chi connectivity index (χ1) is 10.4. The van der Waals surface area contributed by atoms with Gasteiger partial charge in [0, 0.05) is 5.56 Å². The maximum atomic E-state index is 11.5. The normalized spacial score (nSPS) is 11.8. The number of carbonyl (C=O) groups is 1. The summed E-state index contributed by atoms with van der Waals surface area (Å²) in [5, 5.41) is 10.9. The molecule has 0 amide bonds. The Bertz CT molecular complexity index is 709. The Morgan fingerprint density at radius 1 is 1.50 bits per heavy atom. The molecule has 0 bridgehead atoms. The fourth-order valence-corrected chi connectivity index (χ4v) is 1.86. The minimum Gasteiger partial charge on any atom is -0.474 e. The molecule has 22 heavy (non-hydrogen) atoms. The highest BCUT2D eigenvalue weighted by atomic mass is 16.6. The summed E-state index contributed by atoms with van der Waals surface area (Å²) in [6, 6.07) is 4.60. The molecule has 2 heterocycles. The molecule has 0 unspecified atom stereocenters. The standard InChI is InChI=1S/C14H14N2O6/c1-8-7-11(22-12(8)14(17)20-3)9(2)21-10-5-4-6-15-13(10)16(18)19/h4-7,9H,1-3H3/t9-/m0/s1. The summed E-state index contributed by atoms with van der Waals surface area (Å²) in [5.74, 6) is -0.521. The van der Waals surface area contributed by atoms with Crippen molar-refractivity contribution < 1.29 is 23.6 Å². The predicted octanol–water partition coefficient (Wildman–Crippen LogP) is 2.82. The molecule has 8 heteroatoms. The lowest BCUT2D eigenvalue weighted by molar-refractivity contribution is -0.390. The van der Waals surface area contributed by atoms with E-state index in [1.165, 1.54) is 25.4 Å². The minimum absolute atomic E-state index is 0.0219. The number of nitro groups is 1. The number of aromatic nitrogens is 1. The van der Waals surface area contributed by atoms with Crippen LogP contribution in [-0.2, 0) is 4.74 Å². The number of ether oxygens (including phenoxy) is 2. The van der Waals surface area contributed by atoms with Gasteiger partial charge in [0.25, 0.3) is 0 Å². The van der Waals surface area contributed by atoms with Crippen LogP contribution in [0.2, 0.25) is 0 Å². The second-order valence-corrected chi connectivity index (χ2v) is 4.49. The van der Waals surface area contributed by atoms with Crippen molar-refractivity contribution in [2.24, 2.45) is 0 Å². The molecule has 2 aromatic rings. The van der Waals surface area contributed by atoms with Crippen molar-refractivity contribution in [3.8, 4) is 5.75 Å². The number of esters is 1. The SMILES string of the molecule is COC(=O)c1oc([C@H](C)Oc2cccnc2[N+](=O)[O-])cc1C. The van der Waals surface area contributed by atoms with Gasteiger partial charge in [0.2, 0.25) is 11.5 Å². The van der Waals surface area contributed by atoms with Crippen LogP contribution in [0.4, 0.5) is 5.82 Å². The van der Waals surface area contributed by atoms with Crippen molar-refractivity contribution in [1.29, 1.82) is 0 Å². The quantitative estimate of drug-likeness (QED) is 0.475. The van der Waals surface area contributed by atoms with Gasteiger partial charge < -0.3 is 24.0 Å². The molecule has 1 atom stereocenters. The molecule has 8 nitrogen and oxygen atoms in total. The van der Waals surface area contributed by atoms with Gasteiger partial charge in [-0.25, -0.2) is 4.79 Å². The summed E-state index contributed by atoms with van der Waals surface area (Å²) >= 11 is 0. The first kappa shape index (κ1) is 15.5. The molecule has 0 spiro atoms. The number of methoxy groups -OCH3 is 1. The van der Waals surface area contributed by atoms with Crippen molar-refractivity contribution in [3.05, 3.63) is 51.6 Å². The Balaban J connectivity index is 2.25. The summed E-state index contributed by atoms with van der Waals surface area (Å²) in [6.07, 6.45) is 0.669. The summed E-state index contributed by atoms with van der Waals surface area (Å²) in [7, 11) is 1.25. The molecule has 0 aliphatic rings. The average Bonchev–Trinajstić information content (AvgIpc) is 2.89. The third-order valence-corrected chi connectivity index (χ3v) is 2.94. The minimum atomic E-state index is -0.639. The maximum absolute atomic E-state index is 11.5. The van der Waals surface area contributed by atoms with Gasteiger partial charge in [-0.3, -0.25) is 0 Å². The van der Waals surface area contributed by atoms with Gasteiger partial charge in [-0.2, -0.15) is 0 Å². The second-order valence-electron chi connectivity index (χ2n) is 4.49. The average molecular weight is 306 g/mol. The number of hydrogen-bond donors (Lipinski definition) is 0. The molecular formula is C14H14N2O6. The molecule has 0 fully saturated rings. The zero-order valence-corrected chi connectivity index (χ0v) is 12.2. The fourth-order valence-electron chi connectivity index (χ4n) is 1.86. The molecule has 116 valence electrons. The van der Waals surface area contributed by atoms with Crippen molar-refractivity contribution in [2.75, 3.05) is 7.11 Å². The smallest absolute Gasteiger partial charge is 0.406 e. The molecule has 0 aliphatic carbocycles. The zero-order chi connectivity index (χ0) is 16.3. The lowest BCUT2D eigenvalue weighted by Gasteiger charge is -2.11. The van der Waals surface area contributed by atoms with Crippen LogP contribution in [0.3, 0.4) is 0 Å². The summed E-state index contributed by atoms with van der Waals surface area (Å²) in [6.45, 7) is 3.34. The van der Waals surface area contributed by atoms with E-state index in [1.807, 2.05) is 0 Å². The van der Waals surface area contributed by atoms with Crippen molar-refractivity contribution >= 4 is 11.8 Å². The third-order valence-electron chi connectivity index (χ3n) is 2.94. The topological polar surface area (TPSA) is 105 Å². The van der Waals surface area contributed by atoms with Crippen LogP contribution in [0, 0.1) is 17.0 Å². The van der Waals surface area contributed by atoms with Crippen LogP contribution in [0.5, 0.6) is 5.75 Å². The molecule has 2 aromatic heterocycles.